The van der Waals surface area contributed by atoms with Gasteiger partial charge in [-0.05, 0) is 67.5 Å². The second-order valence-corrected chi connectivity index (χ2v) is 11.5. The molecule has 2 aromatic carbocycles. The number of nitrogens with zero attached hydrogens (tertiary/aromatic N) is 2. The molecule has 2 aliphatic rings. The SMILES string of the molecule is O=C(CC1CCC2(CC1)CN(S(=O)(=O)c1ccc(C(F)F)cc1)c1ccccc12)Nc1ccncc1. The van der Waals surface area contributed by atoms with Crippen LogP contribution in [0.4, 0.5) is 20.2 Å². The highest BCUT2D eigenvalue weighted by atomic mass is 32.2. The molecule has 5 rings (SSSR count). The van der Waals surface area contributed by atoms with Gasteiger partial charge in [0.25, 0.3) is 16.4 Å². The number of carbonyl (C=O) groups excluding carboxylic acids is 1. The Bertz CT molecular complexity index is 1340. The highest BCUT2D eigenvalue weighted by Gasteiger charge is 2.48. The lowest BCUT2D eigenvalue weighted by atomic mass is 9.67. The Kier molecular flexibility index (Phi) is 6.51. The maximum Gasteiger partial charge on any atom is 0.264 e. The zero-order valence-corrected chi connectivity index (χ0v) is 20.4. The van der Waals surface area contributed by atoms with Crippen LogP contribution in [0.25, 0.3) is 0 Å². The summed E-state index contributed by atoms with van der Waals surface area (Å²) >= 11 is 0. The third-order valence-corrected chi connectivity index (χ3v) is 9.18. The van der Waals surface area contributed by atoms with Crippen LogP contribution >= 0.6 is 0 Å². The van der Waals surface area contributed by atoms with Gasteiger partial charge in [0.05, 0.1) is 10.6 Å². The Morgan fingerprint density at radius 2 is 1.69 bits per heavy atom. The van der Waals surface area contributed by atoms with E-state index in [4.69, 9.17) is 0 Å². The van der Waals surface area contributed by atoms with Gasteiger partial charge >= 0.3 is 0 Å². The van der Waals surface area contributed by atoms with Crippen LogP contribution in [0.2, 0.25) is 0 Å². The Balaban J connectivity index is 1.32. The predicted octanol–water partition coefficient (Wildman–Crippen LogP) is 5.68. The van der Waals surface area contributed by atoms with Gasteiger partial charge in [-0.2, -0.15) is 0 Å². The molecule has 0 radical (unpaired) electrons. The average Bonchev–Trinajstić information content (AvgIpc) is 3.21. The standard InChI is InChI=1S/C27H27F2N3O3S/c28-26(29)20-5-7-22(8-6-20)36(34,35)32-18-27(23-3-1-2-4-24(23)32)13-9-19(10-14-27)17-25(33)31-21-11-15-30-16-12-21/h1-8,11-12,15-16,19,26H,9-10,13-14,17-18H2,(H,30,31,33). The van der Waals surface area contributed by atoms with Crippen molar-refractivity contribution in [2.75, 3.05) is 16.2 Å². The van der Waals surface area contributed by atoms with Crippen LogP contribution in [0.15, 0.2) is 78.0 Å². The Labute approximate surface area is 209 Å². The quantitative estimate of drug-likeness (QED) is 0.462. The monoisotopic (exact) mass is 511 g/mol. The number of pyridine rings is 1. The molecular weight excluding hydrogens is 484 g/mol. The van der Waals surface area contributed by atoms with Crippen molar-refractivity contribution < 1.29 is 22.0 Å². The molecule has 1 saturated carbocycles. The maximum atomic E-state index is 13.6. The highest BCUT2D eigenvalue weighted by molar-refractivity contribution is 7.92. The normalized spacial score (nSPS) is 21.5. The van der Waals surface area contributed by atoms with Gasteiger partial charge < -0.3 is 5.32 Å². The van der Waals surface area contributed by atoms with Crippen LogP contribution in [0, 0.1) is 5.92 Å². The fourth-order valence-electron chi connectivity index (χ4n) is 5.48. The smallest absolute Gasteiger partial charge is 0.264 e. The first-order valence-corrected chi connectivity index (χ1v) is 13.4. The van der Waals surface area contributed by atoms with Gasteiger partial charge in [-0.1, -0.05) is 30.3 Å². The number of halogens is 2. The van der Waals surface area contributed by atoms with Crippen molar-refractivity contribution in [2.24, 2.45) is 5.92 Å². The van der Waals surface area contributed by atoms with Crippen molar-refractivity contribution in [2.45, 2.75) is 48.8 Å². The number of amides is 1. The Hall–Kier alpha value is -3.33. The van der Waals surface area contributed by atoms with Crippen LogP contribution < -0.4 is 9.62 Å². The lowest BCUT2D eigenvalue weighted by molar-refractivity contribution is -0.117. The topological polar surface area (TPSA) is 79.4 Å². The fourth-order valence-corrected chi connectivity index (χ4v) is 7.05. The van der Waals surface area contributed by atoms with Crippen molar-refractivity contribution in [1.29, 1.82) is 0 Å². The molecule has 0 saturated heterocycles. The number of alkyl halides is 2. The summed E-state index contributed by atoms with van der Waals surface area (Å²) in [5, 5.41) is 2.91. The molecule has 1 fully saturated rings. The van der Waals surface area contributed by atoms with E-state index in [2.05, 4.69) is 10.3 Å². The minimum atomic E-state index is -3.92. The van der Waals surface area contributed by atoms with E-state index in [1.165, 1.54) is 16.4 Å². The van der Waals surface area contributed by atoms with Crippen LogP contribution in [-0.2, 0) is 20.2 Å². The molecule has 0 atom stereocenters. The van der Waals surface area contributed by atoms with Gasteiger partial charge in [-0.15, -0.1) is 0 Å². The number of para-hydroxylation sites is 1. The number of aromatic nitrogens is 1. The van der Waals surface area contributed by atoms with Gasteiger partial charge in [0, 0.05) is 42.0 Å². The van der Waals surface area contributed by atoms with Crippen molar-refractivity contribution in [3.63, 3.8) is 0 Å². The number of rotatable bonds is 6. The molecule has 0 bridgehead atoms. The second-order valence-electron chi connectivity index (χ2n) is 9.61. The number of anilines is 2. The van der Waals surface area contributed by atoms with Crippen molar-refractivity contribution in [3.8, 4) is 0 Å². The molecule has 1 N–H and O–H groups in total. The molecule has 1 aliphatic carbocycles. The third-order valence-electron chi connectivity index (χ3n) is 7.41. The molecule has 6 nitrogen and oxygen atoms in total. The maximum absolute atomic E-state index is 13.6. The van der Waals surface area contributed by atoms with Gasteiger partial charge in [0.2, 0.25) is 5.91 Å². The Morgan fingerprint density at radius 1 is 1.03 bits per heavy atom. The van der Waals surface area contributed by atoms with E-state index in [0.29, 0.717) is 18.7 Å². The molecule has 1 aromatic heterocycles. The molecule has 1 spiro atoms. The summed E-state index contributed by atoms with van der Waals surface area (Å²) in [6.45, 7) is 0.307. The summed E-state index contributed by atoms with van der Waals surface area (Å²) in [7, 11) is -3.92. The number of hydrogen-bond donors (Lipinski definition) is 1. The molecule has 2 heterocycles. The third kappa shape index (κ3) is 4.59. The van der Waals surface area contributed by atoms with E-state index in [-0.39, 0.29) is 27.7 Å². The number of nitrogens with one attached hydrogen (secondary N) is 1. The van der Waals surface area contributed by atoms with Gasteiger partial charge in [0.1, 0.15) is 0 Å². The van der Waals surface area contributed by atoms with E-state index >= 15 is 0 Å². The number of fused-ring (bicyclic) bond motifs is 2. The first kappa shape index (κ1) is 24.4. The molecule has 1 aliphatic heterocycles. The molecule has 188 valence electrons. The minimum absolute atomic E-state index is 0.000206. The molecule has 3 aromatic rings. The van der Waals surface area contributed by atoms with Crippen molar-refractivity contribution in [3.05, 3.63) is 84.2 Å². The lowest BCUT2D eigenvalue weighted by Crippen LogP contribution is -2.40. The van der Waals surface area contributed by atoms with Gasteiger partial charge in [0.15, 0.2) is 0 Å². The molecule has 9 heteroatoms. The summed E-state index contributed by atoms with van der Waals surface area (Å²) in [4.78, 5) is 16.5. The van der Waals surface area contributed by atoms with E-state index in [9.17, 15) is 22.0 Å². The predicted molar refractivity (Wildman–Crippen MR) is 133 cm³/mol. The van der Waals surface area contributed by atoms with Gasteiger partial charge in [-0.25, -0.2) is 17.2 Å². The zero-order chi connectivity index (χ0) is 25.3. The Morgan fingerprint density at radius 3 is 2.36 bits per heavy atom. The van der Waals surface area contributed by atoms with Crippen molar-refractivity contribution >= 4 is 27.3 Å². The lowest BCUT2D eigenvalue weighted by Gasteiger charge is -2.37. The number of hydrogen-bond acceptors (Lipinski definition) is 4. The number of benzene rings is 2. The van der Waals surface area contributed by atoms with E-state index in [0.717, 1.165) is 49.1 Å². The van der Waals surface area contributed by atoms with Crippen LogP contribution in [0.1, 0.15) is 49.7 Å². The van der Waals surface area contributed by atoms with Gasteiger partial charge in [-0.3, -0.25) is 14.1 Å². The highest BCUT2D eigenvalue weighted by Crippen LogP contribution is 2.52. The first-order valence-electron chi connectivity index (χ1n) is 12.0. The second kappa shape index (κ2) is 9.61. The summed E-state index contributed by atoms with van der Waals surface area (Å²) < 4.78 is 54.5. The van der Waals surface area contributed by atoms with Crippen LogP contribution in [0.5, 0.6) is 0 Å². The molecule has 36 heavy (non-hydrogen) atoms. The zero-order valence-electron chi connectivity index (χ0n) is 19.6. The van der Waals surface area contributed by atoms with Crippen LogP contribution in [0.3, 0.4) is 0 Å². The molecule has 1 amide bonds. The molecular formula is C27H27F2N3O3S. The average molecular weight is 512 g/mol. The van der Waals surface area contributed by atoms with Crippen LogP contribution in [-0.4, -0.2) is 25.9 Å². The number of sulfonamides is 1. The summed E-state index contributed by atoms with van der Waals surface area (Å²) in [6, 6.07) is 15.9. The number of carbonyl (C=O) groups is 1. The molecule has 0 unspecified atom stereocenters. The largest absolute Gasteiger partial charge is 0.326 e. The van der Waals surface area contributed by atoms with E-state index in [1.807, 2.05) is 24.3 Å². The summed E-state index contributed by atoms with van der Waals surface area (Å²) in [6.07, 6.45) is 4.19. The van der Waals surface area contributed by atoms with Crippen molar-refractivity contribution in [1.82, 2.24) is 4.98 Å². The first-order chi connectivity index (χ1) is 17.3. The fraction of sp³-hybridized carbons (Fsp3) is 0.333. The van der Waals surface area contributed by atoms with E-state index < -0.39 is 16.4 Å². The summed E-state index contributed by atoms with van der Waals surface area (Å²) in [5.74, 6) is 0.183. The summed E-state index contributed by atoms with van der Waals surface area (Å²) in [5.41, 5.74) is 1.82. The van der Waals surface area contributed by atoms with E-state index in [1.54, 1.807) is 24.5 Å². The minimum Gasteiger partial charge on any atom is -0.326 e.